The molecule has 0 spiro atoms. The minimum Gasteiger partial charge on any atom is -0.508 e. The maximum absolute atomic E-state index is 9.71. The Hall–Kier alpha value is -2.56. The van der Waals surface area contributed by atoms with Gasteiger partial charge in [-0.25, -0.2) is 0 Å². The van der Waals surface area contributed by atoms with Crippen molar-refractivity contribution in [2.45, 2.75) is 13.5 Å². The van der Waals surface area contributed by atoms with Crippen molar-refractivity contribution in [1.82, 2.24) is 0 Å². The third-order valence-electron chi connectivity index (χ3n) is 3.42. The molecule has 0 fully saturated rings. The molecule has 21 heavy (non-hydrogen) atoms. The van der Waals surface area contributed by atoms with E-state index in [0.717, 1.165) is 16.8 Å². The normalized spacial score (nSPS) is 12.3. The van der Waals surface area contributed by atoms with Crippen LogP contribution in [0.5, 0.6) is 23.0 Å². The third kappa shape index (κ3) is 2.67. The highest BCUT2D eigenvalue weighted by molar-refractivity contribution is 5.56. The van der Waals surface area contributed by atoms with E-state index in [1.807, 2.05) is 31.2 Å². The molecule has 0 amide bonds. The summed E-state index contributed by atoms with van der Waals surface area (Å²) >= 11 is 0. The largest absolute Gasteiger partial charge is 0.508 e. The van der Waals surface area contributed by atoms with E-state index in [2.05, 4.69) is 5.32 Å². The van der Waals surface area contributed by atoms with Crippen LogP contribution in [0, 0.1) is 6.92 Å². The molecule has 110 valence electrons. The lowest BCUT2D eigenvalue weighted by molar-refractivity contribution is 0.171. The fraction of sp³-hybridized carbons (Fsp3) is 0.250. The van der Waals surface area contributed by atoms with E-state index in [1.165, 1.54) is 0 Å². The van der Waals surface area contributed by atoms with E-state index in [-0.39, 0.29) is 12.5 Å². The molecule has 2 aromatic rings. The van der Waals surface area contributed by atoms with Gasteiger partial charge in [0, 0.05) is 18.3 Å². The van der Waals surface area contributed by atoms with Gasteiger partial charge in [0.1, 0.15) is 5.75 Å². The molecule has 1 aliphatic heterocycles. The van der Waals surface area contributed by atoms with Gasteiger partial charge in [-0.3, -0.25) is 0 Å². The van der Waals surface area contributed by atoms with Crippen molar-refractivity contribution < 1.29 is 19.3 Å². The monoisotopic (exact) mass is 287 g/mol. The molecule has 0 saturated carbocycles. The van der Waals surface area contributed by atoms with Gasteiger partial charge < -0.3 is 24.6 Å². The van der Waals surface area contributed by atoms with Crippen molar-refractivity contribution in [1.29, 1.82) is 0 Å². The van der Waals surface area contributed by atoms with Crippen LogP contribution in [0.15, 0.2) is 30.3 Å². The van der Waals surface area contributed by atoms with Gasteiger partial charge in [-0.2, -0.15) is 0 Å². The zero-order valence-corrected chi connectivity index (χ0v) is 12.0. The Labute approximate surface area is 123 Å². The quantitative estimate of drug-likeness (QED) is 0.905. The highest BCUT2D eigenvalue weighted by Gasteiger charge is 2.19. The van der Waals surface area contributed by atoms with E-state index in [4.69, 9.17) is 14.2 Å². The Bertz CT molecular complexity index is 670. The van der Waals surface area contributed by atoms with E-state index in [9.17, 15) is 5.11 Å². The predicted octanol–water partition coefficient (Wildman–Crippen LogP) is 3.05. The number of rotatable bonds is 4. The molecule has 0 atom stereocenters. The zero-order valence-electron chi connectivity index (χ0n) is 12.0. The summed E-state index contributed by atoms with van der Waals surface area (Å²) < 4.78 is 16.1. The van der Waals surface area contributed by atoms with Crippen LogP contribution in [0.2, 0.25) is 0 Å². The van der Waals surface area contributed by atoms with Crippen LogP contribution in [0.4, 0.5) is 5.69 Å². The molecule has 5 heteroatoms. The SMILES string of the molecule is COc1cc(CNc2ccc(C)c(O)c2)cc2c1OCO2. The molecule has 5 nitrogen and oxygen atoms in total. The fourth-order valence-electron chi connectivity index (χ4n) is 2.21. The van der Waals surface area contributed by atoms with Gasteiger partial charge in [-0.05, 0) is 36.2 Å². The van der Waals surface area contributed by atoms with Gasteiger partial charge in [-0.15, -0.1) is 0 Å². The summed E-state index contributed by atoms with van der Waals surface area (Å²) in [6, 6.07) is 9.34. The van der Waals surface area contributed by atoms with Crippen LogP contribution in [0.3, 0.4) is 0 Å². The third-order valence-corrected chi connectivity index (χ3v) is 3.42. The van der Waals surface area contributed by atoms with Gasteiger partial charge in [0.2, 0.25) is 12.5 Å². The number of fused-ring (bicyclic) bond motifs is 1. The van der Waals surface area contributed by atoms with Crippen LogP contribution >= 0.6 is 0 Å². The van der Waals surface area contributed by atoms with Crippen molar-refractivity contribution >= 4 is 5.69 Å². The number of benzene rings is 2. The molecule has 0 aromatic heterocycles. The summed E-state index contributed by atoms with van der Waals surface area (Å²) in [5.74, 6) is 2.28. The molecule has 0 unspecified atom stereocenters. The molecule has 0 aliphatic carbocycles. The number of ether oxygens (including phenoxy) is 3. The lowest BCUT2D eigenvalue weighted by Gasteiger charge is -2.11. The van der Waals surface area contributed by atoms with Crippen molar-refractivity contribution in [3.8, 4) is 23.0 Å². The summed E-state index contributed by atoms with van der Waals surface area (Å²) in [6.07, 6.45) is 0. The Morgan fingerprint density at radius 1 is 1.24 bits per heavy atom. The minimum absolute atomic E-state index is 0.217. The number of hydrogen-bond acceptors (Lipinski definition) is 5. The number of aromatic hydroxyl groups is 1. The average molecular weight is 287 g/mol. The van der Waals surface area contributed by atoms with Crippen LogP contribution < -0.4 is 19.5 Å². The van der Waals surface area contributed by atoms with E-state index >= 15 is 0 Å². The maximum atomic E-state index is 9.71. The van der Waals surface area contributed by atoms with Crippen molar-refractivity contribution in [2.24, 2.45) is 0 Å². The van der Waals surface area contributed by atoms with Gasteiger partial charge >= 0.3 is 0 Å². The molecule has 2 N–H and O–H groups in total. The molecule has 2 aromatic carbocycles. The zero-order chi connectivity index (χ0) is 14.8. The van der Waals surface area contributed by atoms with Gasteiger partial charge in [0.15, 0.2) is 11.5 Å². The number of phenols is 1. The van der Waals surface area contributed by atoms with E-state index in [0.29, 0.717) is 23.8 Å². The van der Waals surface area contributed by atoms with Crippen LogP contribution in [-0.2, 0) is 6.54 Å². The smallest absolute Gasteiger partial charge is 0.231 e. The summed E-state index contributed by atoms with van der Waals surface area (Å²) in [4.78, 5) is 0. The number of methoxy groups -OCH3 is 1. The molecular formula is C16H17NO4. The van der Waals surface area contributed by atoms with Crippen LogP contribution in [0.1, 0.15) is 11.1 Å². The summed E-state index contributed by atoms with van der Waals surface area (Å²) in [5.41, 5.74) is 2.72. The Balaban J connectivity index is 1.77. The van der Waals surface area contributed by atoms with Crippen molar-refractivity contribution in [3.05, 3.63) is 41.5 Å². The molecule has 0 saturated heterocycles. The summed E-state index contributed by atoms with van der Waals surface area (Å²) in [7, 11) is 1.60. The standard InChI is InChI=1S/C16H17NO4/c1-10-3-4-12(7-13(10)18)17-8-11-5-14(19-2)16-15(6-11)20-9-21-16/h3-7,17-18H,8-9H2,1-2H3. The van der Waals surface area contributed by atoms with Crippen LogP contribution in [-0.4, -0.2) is 19.0 Å². The van der Waals surface area contributed by atoms with E-state index < -0.39 is 0 Å². The lowest BCUT2D eigenvalue weighted by atomic mass is 10.1. The summed E-state index contributed by atoms with van der Waals surface area (Å²) in [5, 5.41) is 13.0. The van der Waals surface area contributed by atoms with Crippen LogP contribution in [0.25, 0.3) is 0 Å². The Morgan fingerprint density at radius 3 is 2.86 bits per heavy atom. The van der Waals surface area contributed by atoms with Crippen molar-refractivity contribution in [3.63, 3.8) is 0 Å². The molecular weight excluding hydrogens is 270 g/mol. The second-order valence-electron chi connectivity index (χ2n) is 4.89. The maximum Gasteiger partial charge on any atom is 0.231 e. The second kappa shape index (κ2) is 5.44. The molecule has 0 bridgehead atoms. The topological polar surface area (TPSA) is 60.0 Å². The first-order valence-electron chi connectivity index (χ1n) is 6.67. The first-order valence-corrected chi connectivity index (χ1v) is 6.67. The highest BCUT2D eigenvalue weighted by atomic mass is 16.7. The molecule has 1 heterocycles. The second-order valence-corrected chi connectivity index (χ2v) is 4.89. The number of aryl methyl sites for hydroxylation is 1. The van der Waals surface area contributed by atoms with Gasteiger partial charge in [0.05, 0.1) is 7.11 Å². The average Bonchev–Trinajstić information content (AvgIpc) is 2.96. The highest BCUT2D eigenvalue weighted by Crippen LogP contribution is 2.41. The fourth-order valence-corrected chi connectivity index (χ4v) is 2.21. The number of hydrogen-bond donors (Lipinski definition) is 2. The van der Waals surface area contributed by atoms with Gasteiger partial charge in [-0.1, -0.05) is 6.07 Å². The van der Waals surface area contributed by atoms with Crippen molar-refractivity contribution in [2.75, 3.05) is 19.2 Å². The molecule has 3 rings (SSSR count). The minimum atomic E-state index is 0.217. The predicted molar refractivity (Wildman–Crippen MR) is 79.3 cm³/mol. The van der Waals surface area contributed by atoms with E-state index in [1.54, 1.807) is 13.2 Å². The number of nitrogens with one attached hydrogen (secondary N) is 1. The molecule has 1 aliphatic rings. The molecule has 0 radical (unpaired) electrons. The first kappa shape index (κ1) is 13.4. The lowest BCUT2D eigenvalue weighted by Crippen LogP contribution is -2.00. The number of anilines is 1. The summed E-state index contributed by atoms with van der Waals surface area (Å²) in [6.45, 7) is 2.67. The first-order chi connectivity index (χ1) is 10.2. The van der Waals surface area contributed by atoms with Gasteiger partial charge in [0.25, 0.3) is 0 Å². The number of phenolic OH excluding ortho intramolecular Hbond substituents is 1. The Kier molecular flexibility index (Phi) is 3.48. The Morgan fingerprint density at radius 2 is 2.10 bits per heavy atom.